The molecule has 0 fully saturated rings. The molecule has 0 bridgehead atoms. The number of H-pyrrole nitrogens is 1. The maximum Gasteiger partial charge on any atom is 0.264 e. The Morgan fingerprint density at radius 1 is 1.18 bits per heavy atom. The van der Waals surface area contributed by atoms with Crippen LogP contribution in [0.1, 0.15) is 23.4 Å². The molecule has 0 aliphatic heterocycles. The van der Waals surface area contributed by atoms with E-state index < -0.39 is 0 Å². The Morgan fingerprint density at radius 2 is 2.04 bits per heavy atom. The maximum atomic E-state index is 11.5. The van der Waals surface area contributed by atoms with Gasteiger partial charge in [0.25, 0.3) is 5.56 Å². The first-order chi connectivity index (χ1) is 13.5. The van der Waals surface area contributed by atoms with Crippen LogP contribution in [0.25, 0.3) is 22.7 Å². The molecule has 4 aromatic rings. The first-order valence-electron chi connectivity index (χ1n) is 8.66. The number of aromatic nitrogens is 6. The zero-order valence-electron chi connectivity index (χ0n) is 15.6. The van der Waals surface area contributed by atoms with Gasteiger partial charge >= 0.3 is 0 Å². The Hall–Kier alpha value is -3.20. The normalized spacial score (nSPS) is 12.2. The Bertz CT molecular complexity index is 1180. The number of hydrogen-bond acceptors (Lipinski definition) is 7. The van der Waals surface area contributed by atoms with Gasteiger partial charge in [-0.25, -0.2) is 5.10 Å². The van der Waals surface area contributed by atoms with Crippen molar-refractivity contribution in [3.63, 3.8) is 0 Å². The van der Waals surface area contributed by atoms with E-state index in [2.05, 4.69) is 31.6 Å². The molecule has 9 heteroatoms. The molecule has 1 N–H and O–H groups in total. The lowest BCUT2D eigenvalue weighted by molar-refractivity contribution is 0.424. The fourth-order valence-corrected chi connectivity index (χ4v) is 3.68. The van der Waals surface area contributed by atoms with Crippen LogP contribution >= 0.6 is 11.8 Å². The van der Waals surface area contributed by atoms with Crippen molar-refractivity contribution in [2.75, 3.05) is 0 Å². The van der Waals surface area contributed by atoms with E-state index in [1.807, 2.05) is 49.7 Å². The van der Waals surface area contributed by atoms with Gasteiger partial charge < -0.3 is 9.09 Å². The molecule has 3 heterocycles. The lowest BCUT2D eigenvalue weighted by Crippen LogP contribution is -2.07. The van der Waals surface area contributed by atoms with Crippen molar-refractivity contribution in [2.24, 2.45) is 7.05 Å². The van der Waals surface area contributed by atoms with Gasteiger partial charge in [-0.2, -0.15) is 5.10 Å². The molecule has 0 aliphatic rings. The van der Waals surface area contributed by atoms with E-state index in [1.54, 1.807) is 6.20 Å². The van der Waals surface area contributed by atoms with E-state index >= 15 is 0 Å². The number of benzene rings is 1. The largest absolute Gasteiger partial charge is 0.356 e. The standard InChI is InChI=1S/C19H18N6O2S/c1-11-5-4-6-13(7-11)16-9-15(24-27-16)12(2)28-19-23-22-18(25(19)3)14-8-17(26)21-20-10-14/h4-10,12H,1-3H3,(H,21,26). The average Bonchev–Trinajstić information content (AvgIpc) is 3.30. The Labute approximate surface area is 165 Å². The molecule has 4 rings (SSSR count). The highest BCUT2D eigenvalue weighted by molar-refractivity contribution is 7.99. The number of thioether (sulfide) groups is 1. The van der Waals surface area contributed by atoms with Gasteiger partial charge in [-0.3, -0.25) is 4.79 Å². The van der Waals surface area contributed by atoms with Crippen molar-refractivity contribution in [2.45, 2.75) is 24.3 Å². The van der Waals surface area contributed by atoms with Gasteiger partial charge in [0, 0.05) is 30.3 Å². The predicted octanol–water partition coefficient (Wildman–Crippen LogP) is 3.38. The second kappa shape index (κ2) is 7.43. The van der Waals surface area contributed by atoms with Crippen molar-refractivity contribution >= 4 is 11.8 Å². The van der Waals surface area contributed by atoms with Gasteiger partial charge in [-0.1, -0.05) is 40.7 Å². The summed E-state index contributed by atoms with van der Waals surface area (Å²) in [7, 11) is 1.85. The molecule has 3 aromatic heterocycles. The number of aryl methyl sites for hydroxylation is 1. The van der Waals surface area contributed by atoms with Crippen molar-refractivity contribution in [3.8, 4) is 22.7 Å². The van der Waals surface area contributed by atoms with Gasteiger partial charge in [0.05, 0.1) is 17.1 Å². The van der Waals surface area contributed by atoms with E-state index in [0.717, 1.165) is 17.0 Å². The highest BCUT2D eigenvalue weighted by Crippen LogP contribution is 2.35. The van der Waals surface area contributed by atoms with Crippen LogP contribution in [0.2, 0.25) is 0 Å². The summed E-state index contributed by atoms with van der Waals surface area (Å²) in [4.78, 5) is 11.5. The van der Waals surface area contributed by atoms with Gasteiger partial charge in [-0.05, 0) is 19.9 Å². The zero-order valence-corrected chi connectivity index (χ0v) is 16.4. The average molecular weight is 394 g/mol. The molecule has 142 valence electrons. The quantitative estimate of drug-likeness (QED) is 0.518. The molecule has 1 aromatic carbocycles. The number of hydrogen-bond donors (Lipinski definition) is 1. The molecule has 1 atom stereocenters. The van der Waals surface area contributed by atoms with E-state index in [0.29, 0.717) is 16.5 Å². The lowest BCUT2D eigenvalue weighted by atomic mass is 10.1. The third kappa shape index (κ3) is 3.61. The third-order valence-corrected chi connectivity index (χ3v) is 5.45. The van der Waals surface area contributed by atoms with Crippen LogP contribution in [-0.4, -0.2) is 30.1 Å². The van der Waals surface area contributed by atoms with Crippen molar-refractivity contribution in [1.29, 1.82) is 0 Å². The molecule has 0 aliphatic carbocycles. The smallest absolute Gasteiger partial charge is 0.264 e. The number of aromatic amines is 1. The SMILES string of the molecule is Cc1cccc(-c2cc(C(C)Sc3nnc(-c4cn[nH]c(=O)c4)n3C)no2)c1. The summed E-state index contributed by atoms with van der Waals surface area (Å²) in [5.41, 5.74) is 3.32. The molecule has 0 radical (unpaired) electrons. The van der Waals surface area contributed by atoms with Crippen molar-refractivity contribution in [1.82, 2.24) is 30.1 Å². The molecule has 0 spiro atoms. The Morgan fingerprint density at radius 3 is 2.82 bits per heavy atom. The van der Waals surface area contributed by atoms with Crippen LogP contribution in [-0.2, 0) is 7.05 Å². The summed E-state index contributed by atoms with van der Waals surface area (Å²) >= 11 is 1.52. The number of rotatable bonds is 5. The van der Waals surface area contributed by atoms with Crippen LogP contribution < -0.4 is 5.56 Å². The summed E-state index contributed by atoms with van der Waals surface area (Å²) < 4.78 is 7.36. The van der Waals surface area contributed by atoms with E-state index in [1.165, 1.54) is 23.4 Å². The van der Waals surface area contributed by atoms with Crippen LogP contribution in [0.3, 0.4) is 0 Å². The van der Waals surface area contributed by atoms with Crippen LogP contribution in [0.4, 0.5) is 0 Å². The Balaban J connectivity index is 1.55. The second-order valence-electron chi connectivity index (χ2n) is 6.44. The Kier molecular flexibility index (Phi) is 4.82. The molecular weight excluding hydrogens is 376 g/mol. The molecule has 0 saturated carbocycles. The molecule has 28 heavy (non-hydrogen) atoms. The van der Waals surface area contributed by atoms with Gasteiger partial charge in [0.1, 0.15) is 0 Å². The minimum atomic E-state index is -0.283. The van der Waals surface area contributed by atoms with Gasteiger partial charge in [-0.15, -0.1) is 10.2 Å². The maximum absolute atomic E-state index is 11.5. The second-order valence-corrected chi connectivity index (χ2v) is 7.75. The summed E-state index contributed by atoms with van der Waals surface area (Å²) in [6.45, 7) is 4.08. The summed E-state index contributed by atoms with van der Waals surface area (Å²) in [6, 6.07) is 11.5. The topological polar surface area (TPSA) is 102 Å². The summed E-state index contributed by atoms with van der Waals surface area (Å²) in [5, 5.41) is 19.5. The molecule has 0 saturated heterocycles. The number of nitrogens with one attached hydrogen (secondary N) is 1. The third-order valence-electron chi connectivity index (χ3n) is 4.29. The summed E-state index contributed by atoms with van der Waals surface area (Å²) in [5.74, 6) is 1.31. The fraction of sp³-hybridized carbons (Fsp3) is 0.211. The molecule has 1 unspecified atom stereocenters. The first-order valence-corrected chi connectivity index (χ1v) is 9.54. The van der Waals surface area contributed by atoms with Gasteiger partial charge in [0.15, 0.2) is 16.7 Å². The minimum Gasteiger partial charge on any atom is -0.356 e. The van der Waals surface area contributed by atoms with Gasteiger partial charge in [0.2, 0.25) is 0 Å². The molecule has 0 amide bonds. The molecule has 8 nitrogen and oxygen atoms in total. The zero-order chi connectivity index (χ0) is 19.7. The van der Waals surface area contributed by atoms with Crippen molar-refractivity contribution < 1.29 is 4.52 Å². The minimum absolute atomic E-state index is 0.00959. The lowest BCUT2D eigenvalue weighted by Gasteiger charge is -2.07. The fourth-order valence-electron chi connectivity index (χ4n) is 2.80. The highest BCUT2D eigenvalue weighted by atomic mass is 32.2. The van der Waals surface area contributed by atoms with E-state index in [-0.39, 0.29) is 10.8 Å². The predicted molar refractivity (Wildman–Crippen MR) is 106 cm³/mol. The van der Waals surface area contributed by atoms with E-state index in [4.69, 9.17) is 4.52 Å². The van der Waals surface area contributed by atoms with E-state index in [9.17, 15) is 4.79 Å². The van der Waals surface area contributed by atoms with Crippen molar-refractivity contribution in [3.05, 3.63) is 64.2 Å². The van der Waals surface area contributed by atoms with Crippen LogP contribution in [0.5, 0.6) is 0 Å². The van der Waals surface area contributed by atoms with Crippen LogP contribution in [0.15, 0.2) is 57.1 Å². The number of nitrogens with zero attached hydrogens (tertiary/aromatic N) is 5. The molecular formula is C19H18N6O2S. The highest BCUT2D eigenvalue weighted by Gasteiger charge is 2.19. The monoisotopic (exact) mass is 394 g/mol. The first kappa shape index (κ1) is 18.2. The van der Waals surface area contributed by atoms with Crippen LogP contribution in [0, 0.1) is 6.92 Å². The summed E-state index contributed by atoms with van der Waals surface area (Å²) in [6.07, 6.45) is 1.55.